The molecule has 0 aromatic heterocycles. The molecule has 1 aliphatic heterocycles. The quantitative estimate of drug-likeness (QED) is 0.765. The summed E-state index contributed by atoms with van der Waals surface area (Å²) in [5.74, 6) is -0.192. The average Bonchev–Trinajstić information content (AvgIpc) is 2.67. The molecule has 27 heavy (non-hydrogen) atoms. The van der Waals surface area contributed by atoms with Crippen LogP contribution in [0, 0.1) is 5.82 Å². The van der Waals surface area contributed by atoms with E-state index < -0.39 is 0 Å². The number of aliphatic hydroxyl groups excluding tert-OH is 1. The first-order valence-electron chi connectivity index (χ1n) is 9.37. The summed E-state index contributed by atoms with van der Waals surface area (Å²) in [6.07, 6.45) is 2.50. The summed E-state index contributed by atoms with van der Waals surface area (Å²) in [6, 6.07) is 14.0. The van der Waals surface area contributed by atoms with E-state index in [9.17, 15) is 14.3 Å². The Bertz CT molecular complexity index is 778. The minimum absolute atomic E-state index is 0.0289. The van der Waals surface area contributed by atoms with Crippen LogP contribution in [0.2, 0.25) is 5.02 Å². The zero-order valence-electron chi connectivity index (χ0n) is 15.5. The van der Waals surface area contributed by atoms with Gasteiger partial charge in [0, 0.05) is 30.0 Å². The van der Waals surface area contributed by atoms with Crippen molar-refractivity contribution in [3.8, 4) is 0 Å². The van der Waals surface area contributed by atoms with Crippen LogP contribution in [-0.2, 0) is 10.2 Å². The van der Waals surface area contributed by atoms with E-state index in [0.29, 0.717) is 30.8 Å². The first-order chi connectivity index (χ1) is 12.9. The van der Waals surface area contributed by atoms with Crippen LogP contribution in [0.3, 0.4) is 0 Å². The predicted molar refractivity (Wildman–Crippen MR) is 105 cm³/mol. The number of amides is 1. The molecule has 0 spiro atoms. The highest BCUT2D eigenvalue weighted by Gasteiger charge is 2.41. The third-order valence-electron chi connectivity index (χ3n) is 5.73. The van der Waals surface area contributed by atoms with Gasteiger partial charge < -0.3 is 10.0 Å². The standard InChI is InChI=1S/C22H25ClFNO2/c1-16(17-3-7-19(23)8-4-17)25-13-12-22(11-2-14-26,15-21(25)27)18-5-9-20(24)10-6-18/h3-10,16,26H,2,11-15H2,1H3/t16-,22-/m0/s1. The van der Waals surface area contributed by atoms with Crippen molar-refractivity contribution in [3.63, 3.8) is 0 Å². The molecule has 1 amide bonds. The van der Waals surface area contributed by atoms with E-state index >= 15 is 0 Å². The van der Waals surface area contributed by atoms with Crippen LogP contribution < -0.4 is 0 Å². The summed E-state index contributed by atoms with van der Waals surface area (Å²) in [5.41, 5.74) is 1.69. The second-order valence-electron chi connectivity index (χ2n) is 7.36. The van der Waals surface area contributed by atoms with Crippen LogP contribution >= 0.6 is 11.6 Å². The molecule has 3 rings (SSSR count). The lowest BCUT2D eigenvalue weighted by atomic mass is 9.69. The zero-order chi connectivity index (χ0) is 19.4. The van der Waals surface area contributed by atoms with Gasteiger partial charge in [-0.05, 0) is 61.6 Å². The van der Waals surface area contributed by atoms with Crippen LogP contribution in [0.5, 0.6) is 0 Å². The highest BCUT2D eigenvalue weighted by Crippen LogP contribution is 2.42. The number of likely N-dealkylation sites (tertiary alicyclic amines) is 1. The van der Waals surface area contributed by atoms with Crippen LogP contribution in [0.15, 0.2) is 48.5 Å². The number of piperidine rings is 1. The maximum Gasteiger partial charge on any atom is 0.223 e. The van der Waals surface area contributed by atoms with E-state index in [2.05, 4.69) is 0 Å². The summed E-state index contributed by atoms with van der Waals surface area (Å²) < 4.78 is 13.4. The van der Waals surface area contributed by atoms with E-state index in [1.807, 2.05) is 36.1 Å². The number of benzene rings is 2. The summed E-state index contributed by atoms with van der Waals surface area (Å²) in [6.45, 7) is 2.74. The Hall–Kier alpha value is -1.91. The SMILES string of the molecule is C[C@@H](c1ccc(Cl)cc1)N1CC[C@](CCCO)(c2ccc(F)cc2)CC1=O. The fourth-order valence-electron chi connectivity index (χ4n) is 4.09. The maximum absolute atomic E-state index is 13.4. The van der Waals surface area contributed by atoms with E-state index in [4.69, 9.17) is 11.6 Å². The van der Waals surface area contributed by atoms with Gasteiger partial charge in [0.05, 0.1) is 6.04 Å². The topological polar surface area (TPSA) is 40.5 Å². The molecule has 1 saturated heterocycles. The average molecular weight is 390 g/mol. The number of halogens is 2. The number of rotatable bonds is 6. The van der Waals surface area contributed by atoms with E-state index in [1.54, 1.807) is 12.1 Å². The maximum atomic E-state index is 13.4. The fourth-order valence-corrected chi connectivity index (χ4v) is 4.22. The van der Waals surface area contributed by atoms with Gasteiger partial charge in [-0.15, -0.1) is 0 Å². The van der Waals surface area contributed by atoms with Gasteiger partial charge in [0.1, 0.15) is 5.82 Å². The van der Waals surface area contributed by atoms with Crippen LogP contribution in [0.1, 0.15) is 49.8 Å². The minimum Gasteiger partial charge on any atom is -0.396 e. The van der Waals surface area contributed by atoms with Crippen molar-refractivity contribution in [1.29, 1.82) is 0 Å². The lowest BCUT2D eigenvalue weighted by Crippen LogP contribution is -2.47. The zero-order valence-corrected chi connectivity index (χ0v) is 16.3. The molecular formula is C22H25ClFNO2. The first-order valence-corrected chi connectivity index (χ1v) is 9.75. The van der Waals surface area contributed by atoms with Gasteiger partial charge in [0.2, 0.25) is 5.91 Å². The Morgan fingerprint density at radius 2 is 1.85 bits per heavy atom. The first kappa shape index (κ1) is 19.8. The molecule has 1 N–H and O–H groups in total. The van der Waals surface area contributed by atoms with Crippen molar-refractivity contribution in [3.05, 3.63) is 70.5 Å². The van der Waals surface area contributed by atoms with Crippen molar-refractivity contribution in [2.24, 2.45) is 0 Å². The Morgan fingerprint density at radius 3 is 2.44 bits per heavy atom. The smallest absolute Gasteiger partial charge is 0.223 e. The molecule has 0 bridgehead atoms. The van der Waals surface area contributed by atoms with Gasteiger partial charge in [0.25, 0.3) is 0 Å². The Morgan fingerprint density at radius 1 is 1.19 bits per heavy atom. The number of carbonyl (C=O) groups excluding carboxylic acids is 1. The molecule has 2 aromatic rings. The summed E-state index contributed by atoms with van der Waals surface area (Å²) in [7, 11) is 0. The summed E-state index contributed by atoms with van der Waals surface area (Å²) >= 11 is 5.97. The summed E-state index contributed by atoms with van der Waals surface area (Å²) in [4.78, 5) is 15.0. The van der Waals surface area contributed by atoms with Crippen molar-refractivity contribution >= 4 is 17.5 Å². The largest absolute Gasteiger partial charge is 0.396 e. The van der Waals surface area contributed by atoms with Gasteiger partial charge >= 0.3 is 0 Å². The molecule has 0 unspecified atom stereocenters. The predicted octanol–water partition coefficient (Wildman–Crippen LogP) is 4.87. The van der Waals surface area contributed by atoms with E-state index in [-0.39, 0.29) is 29.8 Å². The number of hydrogen-bond donors (Lipinski definition) is 1. The second kappa shape index (κ2) is 8.41. The molecule has 1 aliphatic rings. The molecule has 0 radical (unpaired) electrons. The van der Waals surface area contributed by atoms with Crippen LogP contribution in [0.4, 0.5) is 4.39 Å². The van der Waals surface area contributed by atoms with Crippen LogP contribution in [-0.4, -0.2) is 29.1 Å². The van der Waals surface area contributed by atoms with E-state index in [0.717, 1.165) is 17.5 Å². The third kappa shape index (κ3) is 4.33. The molecule has 1 heterocycles. The lowest BCUT2D eigenvalue weighted by Gasteiger charge is -2.44. The molecular weight excluding hydrogens is 365 g/mol. The third-order valence-corrected chi connectivity index (χ3v) is 5.98. The van der Waals surface area contributed by atoms with E-state index in [1.165, 1.54) is 12.1 Å². The number of aliphatic hydroxyl groups is 1. The highest BCUT2D eigenvalue weighted by molar-refractivity contribution is 6.30. The Kier molecular flexibility index (Phi) is 6.18. The monoisotopic (exact) mass is 389 g/mol. The van der Waals surface area contributed by atoms with Crippen molar-refractivity contribution < 1.29 is 14.3 Å². The molecule has 0 aliphatic carbocycles. The number of hydrogen-bond acceptors (Lipinski definition) is 2. The number of carbonyl (C=O) groups is 1. The summed E-state index contributed by atoms with van der Waals surface area (Å²) in [5, 5.41) is 9.99. The molecule has 5 heteroatoms. The van der Waals surface area contributed by atoms with Gasteiger partial charge in [-0.25, -0.2) is 4.39 Å². The Balaban J connectivity index is 1.81. The number of nitrogens with zero attached hydrogens (tertiary/aromatic N) is 1. The molecule has 2 aromatic carbocycles. The molecule has 1 fully saturated rings. The van der Waals surface area contributed by atoms with Gasteiger partial charge in [0.15, 0.2) is 0 Å². The fraction of sp³-hybridized carbons (Fsp3) is 0.409. The van der Waals surface area contributed by atoms with Gasteiger partial charge in [-0.3, -0.25) is 4.79 Å². The second-order valence-corrected chi connectivity index (χ2v) is 7.79. The highest BCUT2D eigenvalue weighted by atomic mass is 35.5. The van der Waals surface area contributed by atoms with Crippen molar-refractivity contribution in [1.82, 2.24) is 4.90 Å². The molecule has 144 valence electrons. The van der Waals surface area contributed by atoms with Crippen molar-refractivity contribution in [2.75, 3.05) is 13.2 Å². The Labute approximate surface area is 164 Å². The minimum atomic E-state index is -0.344. The molecule has 3 nitrogen and oxygen atoms in total. The lowest BCUT2D eigenvalue weighted by molar-refractivity contribution is -0.138. The van der Waals surface area contributed by atoms with Gasteiger partial charge in [-0.1, -0.05) is 35.9 Å². The molecule has 2 atom stereocenters. The molecule has 0 saturated carbocycles. The van der Waals surface area contributed by atoms with Gasteiger partial charge in [-0.2, -0.15) is 0 Å². The normalized spacial score (nSPS) is 21.3. The van der Waals surface area contributed by atoms with Crippen molar-refractivity contribution in [2.45, 2.75) is 44.1 Å². The van der Waals surface area contributed by atoms with Crippen LogP contribution in [0.25, 0.3) is 0 Å².